The van der Waals surface area contributed by atoms with Gasteiger partial charge in [-0.15, -0.1) is 0 Å². The van der Waals surface area contributed by atoms with Crippen LogP contribution in [0.2, 0.25) is 0 Å². The van der Waals surface area contributed by atoms with Gasteiger partial charge in [-0.25, -0.2) is 4.98 Å². The maximum absolute atomic E-state index is 12.8. The second kappa shape index (κ2) is 5.01. The highest BCUT2D eigenvalue weighted by molar-refractivity contribution is 5.61. The highest BCUT2D eigenvalue weighted by atomic mass is 19.4. The molecule has 0 fully saturated rings. The highest BCUT2D eigenvalue weighted by Crippen LogP contribution is 2.30. The smallest absolute Gasteiger partial charge is 0.326 e. The zero-order chi connectivity index (χ0) is 14.0. The van der Waals surface area contributed by atoms with Crippen molar-refractivity contribution in [1.29, 1.82) is 0 Å². The molecule has 1 aromatic carbocycles. The molecule has 2 N–H and O–H groups in total. The van der Waals surface area contributed by atoms with Crippen LogP contribution in [-0.2, 0) is 12.7 Å². The van der Waals surface area contributed by atoms with E-state index in [0.29, 0.717) is 16.8 Å². The fourth-order valence-electron chi connectivity index (χ4n) is 1.80. The summed E-state index contributed by atoms with van der Waals surface area (Å²) < 4.78 is 38.3. The molecule has 0 aliphatic rings. The monoisotopic (exact) mass is 266 g/mol. The molecule has 0 aliphatic carbocycles. The lowest BCUT2D eigenvalue weighted by molar-refractivity contribution is -0.141. The number of pyridine rings is 1. The van der Waals surface area contributed by atoms with E-state index in [1.165, 1.54) is 0 Å². The average Bonchev–Trinajstić information content (AvgIpc) is 2.37. The van der Waals surface area contributed by atoms with Crippen molar-refractivity contribution in [3.8, 4) is 11.3 Å². The molecule has 1 heterocycles. The maximum Gasteiger partial charge on any atom is 0.433 e. The Morgan fingerprint density at radius 3 is 2.47 bits per heavy atom. The van der Waals surface area contributed by atoms with E-state index in [2.05, 4.69) is 4.98 Å². The van der Waals surface area contributed by atoms with Gasteiger partial charge in [-0.3, -0.25) is 0 Å². The zero-order valence-corrected chi connectivity index (χ0v) is 10.3. The number of halogens is 3. The number of aromatic nitrogens is 1. The van der Waals surface area contributed by atoms with Crippen molar-refractivity contribution in [2.45, 2.75) is 19.6 Å². The van der Waals surface area contributed by atoms with Gasteiger partial charge >= 0.3 is 6.18 Å². The van der Waals surface area contributed by atoms with Gasteiger partial charge in [0.05, 0.1) is 5.69 Å². The Hall–Kier alpha value is -1.88. The highest BCUT2D eigenvalue weighted by Gasteiger charge is 2.33. The maximum atomic E-state index is 12.8. The van der Waals surface area contributed by atoms with E-state index >= 15 is 0 Å². The topological polar surface area (TPSA) is 38.9 Å². The first-order chi connectivity index (χ1) is 8.90. The first-order valence-electron chi connectivity index (χ1n) is 5.75. The van der Waals surface area contributed by atoms with Crippen LogP contribution in [0.5, 0.6) is 0 Å². The molecule has 2 rings (SSSR count). The van der Waals surface area contributed by atoms with Crippen molar-refractivity contribution < 1.29 is 13.2 Å². The van der Waals surface area contributed by atoms with Crippen molar-refractivity contribution in [1.82, 2.24) is 4.98 Å². The molecule has 1 aromatic heterocycles. The van der Waals surface area contributed by atoms with Crippen molar-refractivity contribution in [3.63, 3.8) is 0 Å². The molecule has 0 atom stereocenters. The van der Waals surface area contributed by atoms with E-state index in [4.69, 9.17) is 5.73 Å². The Morgan fingerprint density at radius 2 is 1.89 bits per heavy atom. The second-order valence-electron chi connectivity index (χ2n) is 4.32. The van der Waals surface area contributed by atoms with Crippen LogP contribution in [0, 0.1) is 6.92 Å². The van der Waals surface area contributed by atoms with E-state index < -0.39 is 11.9 Å². The van der Waals surface area contributed by atoms with Crippen LogP contribution in [0.4, 0.5) is 13.2 Å². The first-order valence-corrected chi connectivity index (χ1v) is 5.75. The molecule has 0 bridgehead atoms. The Balaban J connectivity index is 2.57. The van der Waals surface area contributed by atoms with Gasteiger partial charge in [0.25, 0.3) is 0 Å². The number of alkyl halides is 3. The summed E-state index contributed by atoms with van der Waals surface area (Å²) >= 11 is 0. The van der Waals surface area contributed by atoms with E-state index in [0.717, 1.165) is 11.6 Å². The van der Waals surface area contributed by atoms with Gasteiger partial charge in [0.1, 0.15) is 5.69 Å². The van der Waals surface area contributed by atoms with E-state index in [1.54, 1.807) is 24.3 Å². The molecule has 0 unspecified atom stereocenters. The summed E-state index contributed by atoms with van der Waals surface area (Å²) in [5.41, 5.74) is 6.86. The zero-order valence-electron chi connectivity index (χ0n) is 10.3. The summed E-state index contributed by atoms with van der Waals surface area (Å²) in [6.07, 6.45) is -4.47. The lowest BCUT2D eigenvalue weighted by Crippen LogP contribution is -2.10. The Morgan fingerprint density at radius 1 is 1.16 bits per heavy atom. The van der Waals surface area contributed by atoms with Crippen LogP contribution >= 0.6 is 0 Å². The third-order valence-corrected chi connectivity index (χ3v) is 2.73. The Labute approximate surface area is 109 Å². The first kappa shape index (κ1) is 13.5. The summed E-state index contributed by atoms with van der Waals surface area (Å²) in [5.74, 6) is 0. The van der Waals surface area contributed by atoms with Crippen LogP contribution in [-0.4, -0.2) is 4.98 Å². The van der Waals surface area contributed by atoms with Crippen molar-refractivity contribution in [2.75, 3.05) is 0 Å². The van der Waals surface area contributed by atoms with Crippen LogP contribution in [0.3, 0.4) is 0 Å². The number of hydrogen-bond donors (Lipinski definition) is 1. The normalized spacial score (nSPS) is 11.6. The van der Waals surface area contributed by atoms with Gasteiger partial charge in [0, 0.05) is 12.1 Å². The Kier molecular flexibility index (Phi) is 3.57. The van der Waals surface area contributed by atoms with Crippen molar-refractivity contribution >= 4 is 0 Å². The van der Waals surface area contributed by atoms with Gasteiger partial charge in [-0.05, 0) is 30.7 Å². The molecule has 0 aliphatic heterocycles. The lowest BCUT2D eigenvalue weighted by atomic mass is 10.1. The fraction of sp³-hybridized carbons (Fsp3) is 0.214. The van der Waals surface area contributed by atoms with Gasteiger partial charge < -0.3 is 5.73 Å². The predicted molar refractivity (Wildman–Crippen MR) is 67.3 cm³/mol. The predicted octanol–water partition coefficient (Wildman–Crippen LogP) is 3.53. The molecule has 100 valence electrons. The third kappa shape index (κ3) is 3.12. The number of aryl methyl sites for hydroxylation is 1. The number of hydrogen-bond acceptors (Lipinski definition) is 2. The molecule has 0 amide bonds. The summed E-state index contributed by atoms with van der Waals surface area (Å²) in [4.78, 5) is 3.68. The molecule has 0 spiro atoms. The number of benzene rings is 1. The van der Waals surface area contributed by atoms with E-state index in [1.807, 2.05) is 13.0 Å². The largest absolute Gasteiger partial charge is 0.433 e. The van der Waals surface area contributed by atoms with Crippen LogP contribution in [0.25, 0.3) is 11.3 Å². The van der Waals surface area contributed by atoms with Crippen LogP contribution in [0.1, 0.15) is 16.8 Å². The summed E-state index contributed by atoms with van der Waals surface area (Å²) in [6, 6.07) is 9.76. The molecule has 19 heavy (non-hydrogen) atoms. The molecule has 5 heteroatoms. The van der Waals surface area contributed by atoms with Gasteiger partial charge in [-0.2, -0.15) is 13.2 Å². The van der Waals surface area contributed by atoms with Crippen LogP contribution in [0.15, 0.2) is 36.4 Å². The standard InChI is InChI=1S/C14H13F3N2/c1-9-3-2-4-11(5-9)12-6-10(8-18)7-13(19-12)14(15,16)17/h2-7H,8,18H2,1H3. The Bertz CT molecular complexity index is 591. The summed E-state index contributed by atoms with van der Waals surface area (Å²) in [6.45, 7) is 1.92. The van der Waals surface area contributed by atoms with Crippen molar-refractivity contribution in [2.24, 2.45) is 5.73 Å². The van der Waals surface area contributed by atoms with Crippen molar-refractivity contribution in [3.05, 3.63) is 53.2 Å². The second-order valence-corrected chi connectivity index (χ2v) is 4.32. The third-order valence-electron chi connectivity index (χ3n) is 2.73. The number of nitrogens with two attached hydrogens (primary N) is 1. The average molecular weight is 266 g/mol. The van der Waals surface area contributed by atoms with Gasteiger partial charge in [-0.1, -0.05) is 23.8 Å². The molecule has 0 radical (unpaired) electrons. The quantitative estimate of drug-likeness (QED) is 0.903. The van der Waals surface area contributed by atoms with Gasteiger partial charge in [0.15, 0.2) is 0 Å². The fourth-order valence-corrected chi connectivity index (χ4v) is 1.80. The van der Waals surface area contributed by atoms with Gasteiger partial charge in [0.2, 0.25) is 0 Å². The molecule has 2 aromatic rings. The minimum Gasteiger partial charge on any atom is -0.326 e. The number of rotatable bonds is 2. The summed E-state index contributed by atoms with van der Waals surface area (Å²) in [5, 5.41) is 0. The van der Waals surface area contributed by atoms with E-state index in [9.17, 15) is 13.2 Å². The minimum atomic E-state index is -4.47. The molecular weight excluding hydrogens is 253 g/mol. The lowest BCUT2D eigenvalue weighted by Gasteiger charge is -2.11. The SMILES string of the molecule is Cc1cccc(-c2cc(CN)cc(C(F)(F)F)n2)c1. The molecule has 0 saturated heterocycles. The van der Waals surface area contributed by atoms with E-state index in [-0.39, 0.29) is 6.54 Å². The molecule has 0 saturated carbocycles. The van der Waals surface area contributed by atoms with Crippen LogP contribution < -0.4 is 5.73 Å². The summed E-state index contributed by atoms with van der Waals surface area (Å²) in [7, 11) is 0. The molecule has 2 nitrogen and oxygen atoms in total. The minimum absolute atomic E-state index is 0.0460. The molecular formula is C14H13F3N2. The number of nitrogens with zero attached hydrogens (tertiary/aromatic N) is 1.